The quantitative estimate of drug-likeness (QED) is 0.929. The third-order valence-electron chi connectivity index (χ3n) is 4.42. The van der Waals surface area contributed by atoms with Gasteiger partial charge in [0.25, 0.3) is 0 Å². The number of ether oxygens (including phenoxy) is 2. The second-order valence-corrected chi connectivity index (χ2v) is 6.11. The molecule has 0 spiro atoms. The molecule has 0 radical (unpaired) electrons. The van der Waals surface area contributed by atoms with Crippen molar-refractivity contribution in [2.75, 3.05) is 32.1 Å². The summed E-state index contributed by atoms with van der Waals surface area (Å²) < 4.78 is 11.0. The van der Waals surface area contributed by atoms with Crippen LogP contribution in [0.4, 0.5) is 5.69 Å². The highest BCUT2D eigenvalue weighted by molar-refractivity contribution is 5.92. The summed E-state index contributed by atoms with van der Waals surface area (Å²) in [5.74, 6) is 1.46. The lowest BCUT2D eigenvalue weighted by molar-refractivity contribution is -0.117. The third-order valence-corrected chi connectivity index (χ3v) is 4.42. The number of hydrogen-bond donors (Lipinski definition) is 1. The van der Waals surface area contributed by atoms with Crippen molar-refractivity contribution in [2.45, 2.75) is 38.1 Å². The second kappa shape index (κ2) is 7.01. The number of carbonyl (C=O) groups excluding carboxylic acids is 1. The number of benzene rings is 1. The van der Waals surface area contributed by atoms with E-state index in [1.54, 1.807) is 0 Å². The topological polar surface area (TPSA) is 50.8 Å². The van der Waals surface area contributed by atoms with Gasteiger partial charge in [-0.05, 0) is 32.0 Å². The number of rotatable bonds is 4. The van der Waals surface area contributed by atoms with Gasteiger partial charge in [0.15, 0.2) is 11.5 Å². The largest absolute Gasteiger partial charge is 0.486 e. The van der Waals surface area contributed by atoms with E-state index in [2.05, 4.69) is 10.2 Å². The van der Waals surface area contributed by atoms with E-state index in [0.29, 0.717) is 31.5 Å². The monoisotopic (exact) mass is 304 g/mol. The summed E-state index contributed by atoms with van der Waals surface area (Å²) in [7, 11) is 2.04. The van der Waals surface area contributed by atoms with Gasteiger partial charge < -0.3 is 14.8 Å². The first-order valence-corrected chi connectivity index (χ1v) is 8.12. The Kier molecular flexibility index (Phi) is 4.83. The Labute approximate surface area is 131 Å². The van der Waals surface area contributed by atoms with Crippen molar-refractivity contribution in [3.8, 4) is 11.5 Å². The highest BCUT2D eigenvalue weighted by Gasteiger charge is 2.20. The van der Waals surface area contributed by atoms with Crippen molar-refractivity contribution in [1.29, 1.82) is 0 Å². The van der Waals surface area contributed by atoms with E-state index >= 15 is 0 Å². The third kappa shape index (κ3) is 3.71. The molecule has 1 fully saturated rings. The molecule has 0 bridgehead atoms. The summed E-state index contributed by atoms with van der Waals surface area (Å²) in [5.41, 5.74) is 0.756. The Morgan fingerprint density at radius 3 is 2.68 bits per heavy atom. The van der Waals surface area contributed by atoms with Gasteiger partial charge in [0.05, 0.1) is 6.54 Å². The summed E-state index contributed by atoms with van der Waals surface area (Å²) in [6, 6.07) is 6.06. The summed E-state index contributed by atoms with van der Waals surface area (Å²) in [5, 5.41) is 2.95. The molecule has 1 aromatic carbocycles. The number of fused-ring (bicyclic) bond motifs is 1. The van der Waals surface area contributed by atoms with Crippen LogP contribution in [0.1, 0.15) is 32.1 Å². The Balaban J connectivity index is 1.54. The molecular formula is C17H24N2O3. The van der Waals surface area contributed by atoms with Crippen molar-refractivity contribution in [1.82, 2.24) is 4.90 Å². The Hall–Kier alpha value is -1.75. The van der Waals surface area contributed by atoms with E-state index in [-0.39, 0.29) is 5.91 Å². The molecule has 120 valence electrons. The SMILES string of the molecule is CN(CC(=O)Nc1ccc2c(c1)OCCO2)C1CCCCC1. The fourth-order valence-corrected chi connectivity index (χ4v) is 3.20. The Morgan fingerprint density at radius 2 is 1.91 bits per heavy atom. The van der Waals surface area contributed by atoms with Crippen LogP contribution in [0.5, 0.6) is 11.5 Å². The maximum absolute atomic E-state index is 12.2. The molecule has 22 heavy (non-hydrogen) atoms. The lowest BCUT2D eigenvalue weighted by atomic mass is 9.94. The van der Waals surface area contributed by atoms with Crippen LogP contribution in [0.2, 0.25) is 0 Å². The van der Waals surface area contributed by atoms with E-state index in [1.165, 1.54) is 32.1 Å². The molecule has 5 heteroatoms. The molecule has 3 rings (SSSR count). The first kappa shape index (κ1) is 15.2. The van der Waals surface area contributed by atoms with Crippen LogP contribution in [-0.2, 0) is 4.79 Å². The van der Waals surface area contributed by atoms with Crippen molar-refractivity contribution in [3.63, 3.8) is 0 Å². The molecule has 1 aliphatic carbocycles. The number of carbonyl (C=O) groups is 1. The van der Waals surface area contributed by atoms with Crippen LogP contribution >= 0.6 is 0 Å². The van der Waals surface area contributed by atoms with Crippen molar-refractivity contribution >= 4 is 11.6 Å². The van der Waals surface area contributed by atoms with Crippen molar-refractivity contribution in [2.24, 2.45) is 0 Å². The second-order valence-electron chi connectivity index (χ2n) is 6.11. The lowest BCUT2D eigenvalue weighted by Gasteiger charge is -2.30. The molecule has 1 heterocycles. The lowest BCUT2D eigenvalue weighted by Crippen LogP contribution is -2.39. The summed E-state index contributed by atoms with van der Waals surface area (Å²) in [6.45, 7) is 1.55. The van der Waals surface area contributed by atoms with Gasteiger partial charge in [-0.15, -0.1) is 0 Å². The predicted octanol–water partition coefficient (Wildman–Crippen LogP) is 2.66. The van der Waals surface area contributed by atoms with Gasteiger partial charge in [0.1, 0.15) is 13.2 Å². The van der Waals surface area contributed by atoms with Gasteiger partial charge in [-0.2, -0.15) is 0 Å². The Bertz CT molecular complexity index is 527. The van der Waals surface area contributed by atoms with Gasteiger partial charge in [-0.25, -0.2) is 0 Å². The molecular weight excluding hydrogens is 280 g/mol. The predicted molar refractivity (Wildman–Crippen MR) is 85.6 cm³/mol. The number of hydrogen-bond acceptors (Lipinski definition) is 4. The highest BCUT2D eigenvalue weighted by atomic mass is 16.6. The zero-order valence-electron chi connectivity index (χ0n) is 13.1. The first-order chi connectivity index (χ1) is 10.7. The fourth-order valence-electron chi connectivity index (χ4n) is 3.20. The number of nitrogens with zero attached hydrogens (tertiary/aromatic N) is 1. The van der Waals surface area contributed by atoms with Gasteiger partial charge in [-0.3, -0.25) is 9.69 Å². The molecule has 1 aliphatic heterocycles. The van der Waals surface area contributed by atoms with Crippen LogP contribution < -0.4 is 14.8 Å². The van der Waals surface area contributed by atoms with Crippen molar-refractivity contribution < 1.29 is 14.3 Å². The van der Waals surface area contributed by atoms with E-state index in [9.17, 15) is 4.79 Å². The molecule has 2 aliphatic rings. The summed E-state index contributed by atoms with van der Waals surface area (Å²) in [6.07, 6.45) is 6.28. The average molecular weight is 304 g/mol. The fraction of sp³-hybridized carbons (Fsp3) is 0.588. The Morgan fingerprint density at radius 1 is 1.18 bits per heavy atom. The molecule has 1 N–H and O–H groups in total. The maximum Gasteiger partial charge on any atom is 0.238 e. The summed E-state index contributed by atoms with van der Waals surface area (Å²) >= 11 is 0. The normalized spacial score (nSPS) is 18.3. The molecule has 0 aromatic heterocycles. The minimum atomic E-state index is 0.0183. The smallest absolute Gasteiger partial charge is 0.238 e. The number of anilines is 1. The van der Waals surface area contributed by atoms with Crippen molar-refractivity contribution in [3.05, 3.63) is 18.2 Å². The van der Waals surface area contributed by atoms with Crippen LogP contribution in [0.25, 0.3) is 0 Å². The maximum atomic E-state index is 12.2. The molecule has 1 amide bonds. The highest BCUT2D eigenvalue weighted by Crippen LogP contribution is 2.32. The van der Waals surface area contributed by atoms with Crippen LogP contribution in [0, 0.1) is 0 Å². The molecule has 5 nitrogen and oxygen atoms in total. The van der Waals surface area contributed by atoms with E-state index < -0.39 is 0 Å². The molecule has 0 unspecified atom stereocenters. The zero-order chi connectivity index (χ0) is 15.4. The van der Waals surface area contributed by atoms with Crippen LogP contribution in [0.15, 0.2) is 18.2 Å². The van der Waals surface area contributed by atoms with Crippen LogP contribution in [0.3, 0.4) is 0 Å². The molecule has 0 saturated heterocycles. The van der Waals surface area contributed by atoms with E-state index in [4.69, 9.17) is 9.47 Å². The average Bonchev–Trinajstić information content (AvgIpc) is 2.55. The molecule has 1 saturated carbocycles. The van der Waals surface area contributed by atoms with Gasteiger partial charge >= 0.3 is 0 Å². The van der Waals surface area contributed by atoms with E-state index in [0.717, 1.165) is 11.4 Å². The number of nitrogens with one attached hydrogen (secondary N) is 1. The van der Waals surface area contributed by atoms with Gasteiger partial charge in [0, 0.05) is 17.8 Å². The summed E-state index contributed by atoms with van der Waals surface area (Å²) in [4.78, 5) is 14.4. The first-order valence-electron chi connectivity index (χ1n) is 8.12. The number of amides is 1. The zero-order valence-corrected chi connectivity index (χ0v) is 13.1. The van der Waals surface area contributed by atoms with Crippen LogP contribution in [-0.4, -0.2) is 43.7 Å². The van der Waals surface area contributed by atoms with Gasteiger partial charge in [-0.1, -0.05) is 19.3 Å². The minimum absolute atomic E-state index is 0.0183. The van der Waals surface area contributed by atoms with E-state index in [1.807, 2.05) is 25.2 Å². The number of likely N-dealkylation sites (N-methyl/N-ethyl adjacent to an activating group) is 1. The minimum Gasteiger partial charge on any atom is -0.486 e. The molecule has 0 atom stereocenters. The van der Waals surface area contributed by atoms with Gasteiger partial charge in [0.2, 0.25) is 5.91 Å². The molecule has 1 aromatic rings. The standard InChI is InChI=1S/C17H24N2O3/c1-19(14-5-3-2-4-6-14)12-17(20)18-13-7-8-15-16(11-13)22-10-9-21-15/h7-8,11,14H,2-6,9-10,12H2,1H3,(H,18,20).